The van der Waals surface area contributed by atoms with Crippen LogP contribution in [0.2, 0.25) is 0 Å². The van der Waals surface area contributed by atoms with E-state index in [9.17, 15) is 0 Å². The van der Waals surface area contributed by atoms with Crippen LogP contribution in [0, 0.1) is 0 Å². The molecule has 0 amide bonds. The van der Waals surface area contributed by atoms with Crippen LogP contribution in [-0.4, -0.2) is 30.3 Å². The van der Waals surface area contributed by atoms with Crippen LogP contribution in [0.3, 0.4) is 0 Å². The fourth-order valence-corrected chi connectivity index (χ4v) is 3.02. The van der Waals surface area contributed by atoms with E-state index >= 15 is 0 Å². The van der Waals surface area contributed by atoms with E-state index in [4.69, 9.17) is 14.2 Å². The molecule has 1 aliphatic rings. The molecule has 5 nitrogen and oxygen atoms in total. The lowest BCUT2D eigenvalue weighted by atomic mass is 9.98. The van der Waals surface area contributed by atoms with Gasteiger partial charge in [0.1, 0.15) is 12.0 Å². The molecule has 1 aliphatic heterocycles. The molecule has 1 unspecified atom stereocenters. The summed E-state index contributed by atoms with van der Waals surface area (Å²) in [7, 11) is 1.63. The Labute approximate surface area is 143 Å². The summed E-state index contributed by atoms with van der Waals surface area (Å²) >= 11 is 0. The molecule has 0 spiro atoms. The van der Waals surface area contributed by atoms with Crippen molar-refractivity contribution in [2.24, 2.45) is 0 Å². The molecule has 1 aromatic heterocycles. The lowest BCUT2D eigenvalue weighted by Gasteiger charge is -2.22. The molecule has 0 aliphatic carbocycles. The van der Waals surface area contributed by atoms with Gasteiger partial charge in [0, 0.05) is 25.5 Å². The molecule has 1 saturated heterocycles. The van der Waals surface area contributed by atoms with Crippen molar-refractivity contribution in [1.82, 2.24) is 9.78 Å². The van der Waals surface area contributed by atoms with E-state index in [1.165, 1.54) is 12.0 Å². The Morgan fingerprint density at radius 1 is 1.29 bits per heavy atom. The Morgan fingerprint density at radius 3 is 2.88 bits per heavy atom. The smallest absolute Gasteiger partial charge is 0.188 e. The highest BCUT2D eigenvalue weighted by atomic mass is 16.7. The third-order valence-corrected chi connectivity index (χ3v) is 4.35. The van der Waals surface area contributed by atoms with E-state index in [-0.39, 0.29) is 13.0 Å². The normalized spacial score (nSPS) is 18.1. The predicted molar refractivity (Wildman–Crippen MR) is 93.1 cm³/mol. The van der Waals surface area contributed by atoms with Crippen molar-refractivity contribution in [2.45, 2.75) is 45.3 Å². The van der Waals surface area contributed by atoms with Crippen LogP contribution >= 0.6 is 0 Å². The zero-order chi connectivity index (χ0) is 16.9. The summed E-state index contributed by atoms with van der Waals surface area (Å²) in [6, 6.07) is 6.31. The van der Waals surface area contributed by atoms with Crippen molar-refractivity contribution in [2.75, 3.05) is 20.5 Å². The Morgan fingerprint density at radius 2 is 2.17 bits per heavy atom. The second kappa shape index (κ2) is 7.81. The van der Waals surface area contributed by atoms with Gasteiger partial charge in [0.15, 0.2) is 6.79 Å². The molecule has 0 saturated carbocycles. The Hall–Kier alpha value is -1.85. The zero-order valence-electron chi connectivity index (χ0n) is 14.7. The van der Waals surface area contributed by atoms with Gasteiger partial charge in [-0.2, -0.15) is 5.10 Å². The Kier molecular flexibility index (Phi) is 5.53. The standard InChI is InChI=1S/C19H26N2O3/c1-14(2)17-8-7-15(10-18(17)24-13-22-3)16-11-20-21(12-16)19-6-4-5-9-23-19/h7-8,10-12,14,19H,4-6,9,13H2,1-3H3. The molecule has 2 heterocycles. The molecule has 0 radical (unpaired) electrons. The van der Waals surface area contributed by atoms with Gasteiger partial charge in [-0.3, -0.25) is 0 Å². The fourth-order valence-electron chi connectivity index (χ4n) is 3.02. The lowest BCUT2D eigenvalue weighted by Crippen LogP contribution is -2.18. The molecule has 2 aromatic rings. The summed E-state index contributed by atoms with van der Waals surface area (Å²) in [4.78, 5) is 0. The largest absolute Gasteiger partial charge is 0.467 e. The lowest BCUT2D eigenvalue weighted by molar-refractivity contribution is -0.0394. The number of ether oxygens (including phenoxy) is 3. The minimum absolute atomic E-state index is 0.0617. The maximum absolute atomic E-state index is 5.80. The van der Waals surface area contributed by atoms with Gasteiger partial charge in [0.05, 0.1) is 6.20 Å². The molecule has 130 valence electrons. The average Bonchev–Trinajstić information content (AvgIpc) is 3.10. The van der Waals surface area contributed by atoms with Crippen LogP contribution < -0.4 is 4.74 Å². The van der Waals surface area contributed by atoms with E-state index in [1.807, 2.05) is 10.9 Å². The number of rotatable bonds is 6. The quantitative estimate of drug-likeness (QED) is 0.739. The number of hydrogen-bond acceptors (Lipinski definition) is 4. The van der Waals surface area contributed by atoms with Gasteiger partial charge < -0.3 is 14.2 Å². The average molecular weight is 330 g/mol. The van der Waals surface area contributed by atoms with Crippen molar-refractivity contribution in [3.63, 3.8) is 0 Å². The second-order valence-corrected chi connectivity index (χ2v) is 6.49. The molecule has 3 rings (SSSR count). The highest BCUT2D eigenvalue weighted by Gasteiger charge is 2.17. The number of methoxy groups -OCH3 is 1. The van der Waals surface area contributed by atoms with Gasteiger partial charge in [0.25, 0.3) is 0 Å². The van der Waals surface area contributed by atoms with Crippen LogP contribution in [0.4, 0.5) is 0 Å². The first-order valence-electron chi connectivity index (χ1n) is 8.61. The van der Waals surface area contributed by atoms with Gasteiger partial charge in [0.2, 0.25) is 0 Å². The van der Waals surface area contributed by atoms with Gasteiger partial charge in [-0.25, -0.2) is 4.68 Å². The minimum Gasteiger partial charge on any atom is -0.467 e. The van der Waals surface area contributed by atoms with Crippen molar-refractivity contribution < 1.29 is 14.2 Å². The SMILES string of the molecule is COCOc1cc(-c2cnn(C3CCCCO3)c2)ccc1C(C)C. The highest BCUT2D eigenvalue weighted by Crippen LogP contribution is 2.32. The third-order valence-electron chi connectivity index (χ3n) is 4.35. The third kappa shape index (κ3) is 3.79. The number of nitrogens with zero attached hydrogens (tertiary/aromatic N) is 2. The summed E-state index contributed by atoms with van der Waals surface area (Å²) in [6.45, 7) is 5.39. The molecule has 1 aromatic carbocycles. The molecule has 1 atom stereocenters. The van der Waals surface area contributed by atoms with Crippen LogP contribution in [0.25, 0.3) is 11.1 Å². The topological polar surface area (TPSA) is 45.5 Å². The second-order valence-electron chi connectivity index (χ2n) is 6.49. The molecule has 0 N–H and O–H groups in total. The van der Waals surface area contributed by atoms with Crippen LogP contribution in [0.5, 0.6) is 5.75 Å². The number of benzene rings is 1. The van der Waals surface area contributed by atoms with Gasteiger partial charge in [-0.15, -0.1) is 0 Å². The van der Waals surface area contributed by atoms with Crippen LogP contribution in [-0.2, 0) is 9.47 Å². The molecule has 0 bridgehead atoms. The first kappa shape index (κ1) is 17.0. The van der Waals surface area contributed by atoms with E-state index < -0.39 is 0 Å². The number of hydrogen-bond donors (Lipinski definition) is 0. The minimum atomic E-state index is 0.0617. The summed E-state index contributed by atoms with van der Waals surface area (Å²) in [5.41, 5.74) is 3.34. The first-order valence-corrected chi connectivity index (χ1v) is 8.61. The molecule has 1 fully saturated rings. The van der Waals surface area contributed by atoms with E-state index in [0.29, 0.717) is 5.92 Å². The fraction of sp³-hybridized carbons (Fsp3) is 0.526. The van der Waals surface area contributed by atoms with Crippen molar-refractivity contribution in [3.8, 4) is 16.9 Å². The molecule has 24 heavy (non-hydrogen) atoms. The maximum atomic E-state index is 5.80. The first-order chi connectivity index (χ1) is 11.7. The monoisotopic (exact) mass is 330 g/mol. The molecular weight excluding hydrogens is 304 g/mol. The summed E-state index contributed by atoms with van der Waals surface area (Å²) < 4.78 is 18.5. The van der Waals surface area contributed by atoms with Gasteiger partial charge in [-0.05, 0) is 42.4 Å². The van der Waals surface area contributed by atoms with Gasteiger partial charge in [-0.1, -0.05) is 26.0 Å². The summed E-state index contributed by atoms with van der Waals surface area (Å²) in [6.07, 6.45) is 7.37. The van der Waals surface area contributed by atoms with Crippen LogP contribution in [0.1, 0.15) is 50.8 Å². The zero-order valence-corrected chi connectivity index (χ0v) is 14.7. The Bertz CT molecular complexity index is 660. The summed E-state index contributed by atoms with van der Waals surface area (Å²) in [5.74, 6) is 1.26. The molecular formula is C19H26N2O3. The van der Waals surface area contributed by atoms with E-state index in [1.54, 1.807) is 7.11 Å². The molecule has 5 heteroatoms. The number of aromatic nitrogens is 2. The van der Waals surface area contributed by atoms with Crippen LogP contribution in [0.15, 0.2) is 30.6 Å². The maximum Gasteiger partial charge on any atom is 0.188 e. The van der Waals surface area contributed by atoms with Crippen molar-refractivity contribution >= 4 is 0 Å². The van der Waals surface area contributed by atoms with E-state index in [2.05, 4.69) is 43.3 Å². The highest BCUT2D eigenvalue weighted by molar-refractivity contribution is 5.65. The van der Waals surface area contributed by atoms with Crippen molar-refractivity contribution in [1.29, 1.82) is 0 Å². The summed E-state index contributed by atoms with van der Waals surface area (Å²) in [5, 5.41) is 4.49. The Balaban J connectivity index is 1.84. The van der Waals surface area contributed by atoms with Crippen molar-refractivity contribution in [3.05, 3.63) is 36.2 Å². The van der Waals surface area contributed by atoms with Gasteiger partial charge >= 0.3 is 0 Å². The van der Waals surface area contributed by atoms with E-state index in [0.717, 1.165) is 36.3 Å². The predicted octanol–water partition coefficient (Wildman–Crippen LogP) is 4.36.